The maximum absolute atomic E-state index is 12.2. The van der Waals surface area contributed by atoms with Crippen LogP contribution < -0.4 is 5.84 Å². The Hall–Kier alpha value is -0.620. The Morgan fingerprint density at radius 3 is 2.31 bits per heavy atom. The predicted octanol–water partition coefficient (Wildman–Crippen LogP) is 0.702. The Morgan fingerprint density at radius 1 is 1.54 bits per heavy atom. The molecule has 6 heteroatoms. The highest BCUT2D eigenvalue weighted by atomic mass is 19.4. The quantitative estimate of drug-likeness (QED) is 0.628. The number of hydrogen-bond acceptors (Lipinski definition) is 3. The van der Waals surface area contributed by atoms with Gasteiger partial charge >= 0.3 is 6.18 Å². The van der Waals surface area contributed by atoms with Crippen molar-refractivity contribution < 1.29 is 18.0 Å². The van der Waals surface area contributed by atoms with Crippen LogP contribution in [-0.4, -0.2) is 29.6 Å². The Balaban J connectivity index is 2.65. The lowest BCUT2D eigenvalue weighted by Gasteiger charge is -2.14. The highest BCUT2D eigenvalue weighted by molar-refractivity contribution is 5.81. The van der Waals surface area contributed by atoms with Gasteiger partial charge < -0.3 is 0 Å². The Kier molecular flexibility index (Phi) is 2.63. The van der Waals surface area contributed by atoms with Crippen molar-refractivity contribution in [3.05, 3.63) is 0 Å². The van der Waals surface area contributed by atoms with Gasteiger partial charge in [0.1, 0.15) is 5.78 Å². The van der Waals surface area contributed by atoms with Gasteiger partial charge in [0.2, 0.25) is 0 Å². The van der Waals surface area contributed by atoms with Crippen LogP contribution in [-0.2, 0) is 4.79 Å². The molecule has 1 fully saturated rings. The molecular weight excluding hydrogens is 185 g/mol. The number of Topliss-reactive ketones (excluding diaryl/α,β-unsaturated/α-hetero) is 1. The summed E-state index contributed by atoms with van der Waals surface area (Å²) in [5, 5.41) is 0.973. The van der Waals surface area contributed by atoms with E-state index in [-0.39, 0.29) is 18.7 Å². The van der Waals surface area contributed by atoms with Gasteiger partial charge in [-0.3, -0.25) is 10.6 Å². The third kappa shape index (κ3) is 2.19. The number of carbonyl (C=O) groups excluding carboxylic acids is 1. The number of rotatable bonds is 1. The van der Waals surface area contributed by atoms with E-state index in [1.165, 1.54) is 6.92 Å². The van der Waals surface area contributed by atoms with Crippen molar-refractivity contribution in [3.63, 3.8) is 0 Å². The lowest BCUT2D eigenvalue weighted by Crippen LogP contribution is -2.40. The van der Waals surface area contributed by atoms with E-state index in [9.17, 15) is 18.0 Å². The van der Waals surface area contributed by atoms with Crippen LogP contribution in [0.25, 0.3) is 0 Å². The van der Waals surface area contributed by atoms with Crippen molar-refractivity contribution in [2.75, 3.05) is 6.54 Å². The monoisotopic (exact) mass is 196 g/mol. The zero-order valence-electron chi connectivity index (χ0n) is 7.14. The zero-order valence-corrected chi connectivity index (χ0v) is 7.14. The number of hydrogen-bond donors (Lipinski definition) is 1. The fraction of sp³-hybridized carbons (Fsp3) is 0.857. The summed E-state index contributed by atoms with van der Waals surface area (Å²) in [6.45, 7) is 0.969. The molecule has 0 aliphatic carbocycles. The molecule has 0 amide bonds. The van der Waals surface area contributed by atoms with Gasteiger partial charge in [-0.2, -0.15) is 13.2 Å². The van der Waals surface area contributed by atoms with Crippen molar-refractivity contribution in [2.45, 2.75) is 25.6 Å². The molecule has 1 heterocycles. The summed E-state index contributed by atoms with van der Waals surface area (Å²) in [5.41, 5.74) is 0. The highest BCUT2D eigenvalue weighted by Crippen LogP contribution is 2.35. The average molecular weight is 196 g/mol. The van der Waals surface area contributed by atoms with Crippen molar-refractivity contribution in [3.8, 4) is 0 Å². The van der Waals surface area contributed by atoms with Crippen molar-refractivity contribution >= 4 is 5.78 Å². The third-order valence-electron chi connectivity index (χ3n) is 2.27. The molecule has 13 heavy (non-hydrogen) atoms. The molecule has 3 nitrogen and oxygen atoms in total. The molecule has 0 spiro atoms. The predicted molar refractivity (Wildman–Crippen MR) is 39.5 cm³/mol. The minimum absolute atomic E-state index is 0.213. The van der Waals surface area contributed by atoms with Gasteiger partial charge in [-0.1, -0.05) is 0 Å². The lowest BCUT2D eigenvalue weighted by molar-refractivity contribution is -0.170. The molecule has 0 radical (unpaired) electrons. The molecule has 0 saturated carbocycles. The molecule has 76 valence electrons. The van der Waals surface area contributed by atoms with E-state index in [2.05, 4.69) is 0 Å². The van der Waals surface area contributed by atoms with Crippen LogP contribution in [0.5, 0.6) is 0 Å². The molecule has 2 N–H and O–H groups in total. The minimum Gasteiger partial charge on any atom is -0.298 e. The fourth-order valence-electron chi connectivity index (χ4n) is 1.50. The molecule has 2 atom stereocenters. The van der Waals surface area contributed by atoms with Gasteiger partial charge in [0.25, 0.3) is 0 Å². The number of alkyl halides is 3. The van der Waals surface area contributed by atoms with Crippen molar-refractivity contribution in [2.24, 2.45) is 11.8 Å². The maximum Gasteiger partial charge on any atom is 0.393 e. The van der Waals surface area contributed by atoms with Crippen LogP contribution in [0, 0.1) is 5.92 Å². The van der Waals surface area contributed by atoms with Crippen LogP contribution in [0.2, 0.25) is 0 Å². The molecule has 0 aromatic rings. The zero-order chi connectivity index (χ0) is 10.2. The first kappa shape index (κ1) is 10.5. The lowest BCUT2D eigenvalue weighted by atomic mass is 10.0. The minimum atomic E-state index is -4.25. The SMILES string of the molecule is CC(=O)[C@@H]1CC(C(F)(F)F)CN1N. The summed E-state index contributed by atoms with van der Waals surface area (Å²) in [5.74, 6) is 3.50. The summed E-state index contributed by atoms with van der Waals surface area (Å²) < 4.78 is 36.5. The normalized spacial score (nSPS) is 30.8. The standard InChI is InChI=1S/C7H11F3N2O/c1-4(13)6-2-5(3-12(6)11)7(8,9)10/h5-6H,2-3,11H2,1H3/t5?,6-/m0/s1. The summed E-state index contributed by atoms with van der Waals surface area (Å²) in [4.78, 5) is 10.8. The van der Waals surface area contributed by atoms with E-state index in [0.717, 1.165) is 5.01 Å². The second-order valence-corrected chi connectivity index (χ2v) is 3.30. The van der Waals surface area contributed by atoms with E-state index in [0.29, 0.717) is 0 Å². The highest BCUT2D eigenvalue weighted by Gasteiger charge is 2.47. The van der Waals surface area contributed by atoms with Crippen molar-refractivity contribution in [1.29, 1.82) is 0 Å². The second-order valence-electron chi connectivity index (χ2n) is 3.30. The van der Waals surface area contributed by atoms with Gasteiger partial charge in [0.15, 0.2) is 0 Å². The van der Waals surface area contributed by atoms with Crippen LogP contribution in [0.3, 0.4) is 0 Å². The molecule has 0 aromatic carbocycles. The number of carbonyl (C=O) groups is 1. The summed E-state index contributed by atoms with van der Waals surface area (Å²) in [6.07, 6.45) is -4.46. The molecule has 1 saturated heterocycles. The molecule has 1 unspecified atom stereocenters. The number of halogens is 3. The van der Waals surface area contributed by atoms with Crippen LogP contribution in [0.4, 0.5) is 13.2 Å². The number of hydrazine groups is 1. The first-order valence-corrected chi connectivity index (χ1v) is 3.91. The molecule has 0 bridgehead atoms. The maximum atomic E-state index is 12.2. The van der Waals surface area contributed by atoms with Crippen molar-refractivity contribution in [1.82, 2.24) is 5.01 Å². The number of nitrogens with two attached hydrogens (primary N) is 1. The summed E-state index contributed by atoms with van der Waals surface area (Å²) in [6, 6.07) is -0.772. The Bertz CT molecular complexity index is 216. The number of ketones is 1. The van der Waals surface area contributed by atoms with E-state index in [4.69, 9.17) is 5.84 Å². The molecular formula is C7H11F3N2O. The van der Waals surface area contributed by atoms with Gasteiger partial charge in [-0.15, -0.1) is 0 Å². The van der Waals surface area contributed by atoms with E-state index in [1.807, 2.05) is 0 Å². The molecule has 1 aliphatic rings. The van der Waals surface area contributed by atoms with Gasteiger partial charge in [0.05, 0.1) is 12.0 Å². The van der Waals surface area contributed by atoms with E-state index in [1.54, 1.807) is 0 Å². The first-order chi connectivity index (χ1) is 5.82. The van der Waals surface area contributed by atoms with Crippen LogP contribution in [0.15, 0.2) is 0 Å². The molecule has 0 aromatic heterocycles. The van der Waals surface area contributed by atoms with Gasteiger partial charge in [-0.25, -0.2) is 5.01 Å². The number of nitrogens with zero attached hydrogens (tertiary/aromatic N) is 1. The average Bonchev–Trinajstić information content (AvgIpc) is 2.29. The summed E-state index contributed by atoms with van der Waals surface area (Å²) in [7, 11) is 0. The Morgan fingerprint density at radius 2 is 2.08 bits per heavy atom. The topological polar surface area (TPSA) is 46.3 Å². The second kappa shape index (κ2) is 3.26. The first-order valence-electron chi connectivity index (χ1n) is 3.91. The Labute approximate surface area is 73.7 Å². The van der Waals surface area contributed by atoms with E-state index < -0.39 is 18.1 Å². The molecule has 1 rings (SSSR count). The van der Waals surface area contributed by atoms with Crippen LogP contribution in [0.1, 0.15) is 13.3 Å². The molecule has 1 aliphatic heterocycles. The fourth-order valence-corrected chi connectivity index (χ4v) is 1.50. The summed E-state index contributed by atoms with van der Waals surface area (Å²) >= 11 is 0. The third-order valence-corrected chi connectivity index (χ3v) is 2.27. The smallest absolute Gasteiger partial charge is 0.298 e. The van der Waals surface area contributed by atoms with E-state index >= 15 is 0 Å². The largest absolute Gasteiger partial charge is 0.393 e. The van der Waals surface area contributed by atoms with Gasteiger partial charge in [-0.05, 0) is 13.3 Å². The van der Waals surface area contributed by atoms with Gasteiger partial charge in [0, 0.05) is 6.54 Å². The van der Waals surface area contributed by atoms with Crippen LogP contribution >= 0.6 is 0 Å².